The molecule has 1 spiro atoms. The van der Waals surface area contributed by atoms with E-state index in [0.717, 1.165) is 16.9 Å². The zero-order valence-corrected chi connectivity index (χ0v) is 16.9. The maximum absolute atomic E-state index is 12.7. The largest absolute Gasteiger partial charge is 0.281 e. The third-order valence-electron chi connectivity index (χ3n) is 5.04. The topological polar surface area (TPSA) is 80.6 Å². The summed E-state index contributed by atoms with van der Waals surface area (Å²) in [6.45, 7) is 0.638. The van der Waals surface area contributed by atoms with Crippen molar-refractivity contribution in [1.82, 2.24) is 14.9 Å². The Kier molecular flexibility index (Phi) is 5.02. The summed E-state index contributed by atoms with van der Waals surface area (Å²) >= 11 is 6.93. The van der Waals surface area contributed by atoms with Crippen LogP contribution in [0.15, 0.2) is 46.7 Å². The minimum Gasteiger partial charge on any atom is -0.281 e. The van der Waals surface area contributed by atoms with Crippen LogP contribution in [0.25, 0.3) is 0 Å². The Balaban J connectivity index is 1.42. The highest BCUT2D eigenvalue weighted by Gasteiger charge is 2.48. The van der Waals surface area contributed by atoms with Crippen LogP contribution >= 0.6 is 22.9 Å². The van der Waals surface area contributed by atoms with Gasteiger partial charge in [-0.05, 0) is 37.0 Å². The van der Waals surface area contributed by atoms with Crippen LogP contribution in [-0.2, 0) is 21.2 Å². The molecule has 0 aliphatic carbocycles. The Morgan fingerprint density at radius 2 is 1.89 bits per heavy atom. The summed E-state index contributed by atoms with van der Waals surface area (Å²) in [4.78, 5) is 12.4. The molecule has 3 heterocycles. The van der Waals surface area contributed by atoms with E-state index >= 15 is 0 Å². The lowest BCUT2D eigenvalue weighted by molar-refractivity contribution is -0.121. The number of thiophene rings is 1. The van der Waals surface area contributed by atoms with Crippen molar-refractivity contribution in [3.8, 4) is 0 Å². The van der Waals surface area contributed by atoms with Crippen LogP contribution in [0.5, 0.6) is 0 Å². The zero-order chi connectivity index (χ0) is 19.1. The van der Waals surface area contributed by atoms with Crippen LogP contribution in [0.3, 0.4) is 0 Å². The van der Waals surface area contributed by atoms with Gasteiger partial charge in [0, 0.05) is 13.1 Å². The van der Waals surface area contributed by atoms with Gasteiger partial charge in [-0.25, -0.2) is 13.7 Å². The van der Waals surface area contributed by atoms with Gasteiger partial charge >= 0.3 is 0 Å². The molecule has 2 aliphatic heterocycles. The number of benzene rings is 1. The van der Waals surface area contributed by atoms with Crippen LogP contribution in [0.4, 0.5) is 0 Å². The standard InChI is InChI=1S/C18H19ClN3O3S2/c19-15-6-7-16(26-15)27(24,25)22-10-8-18(9-11-22)20-14(17(23)21-18)12-13-4-2-1-3-5-13/h1-7,14,20H,8-12H2. The molecule has 1 aromatic carbocycles. The van der Waals surface area contributed by atoms with E-state index in [4.69, 9.17) is 11.6 Å². The summed E-state index contributed by atoms with van der Waals surface area (Å²) in [5.74, 6) is -0.153. The molecule has 27 heavy (non-hydrogen) atoms. The van der Waals surface area contributed by atoms with Gasteiger partial charge in [0.15, 0.2) is 0 Å². The molecular formula is C18H19ClN3O3S2. The minimum absolute atomic E-state index is 0.153. The van der Waals surface area contributed by atoms with E-state index in [-0.39, 0.29) is 16.2 Å². The van der Waals surface area contributed by atoms with Crippen molar-refractivity contribution in [3.05, 3.63) is 52.4 Å². The molecule has 2 saturated heterocycles. The number of hydrogen-bond acceptors (Lipinski definition) is 5. The Hall–Kier alpha value is -1.45. The predicted octanol–water partition coefficient (Wildman–Crippen LogP) is 2.23. The monoisotopic (exact) mass is 424 g/mol. The molecule has 9 heteroatoms. The summed E-state index contributed by atoms with van der Waals surface area (Å²) in [6.07, 6.45) is 1.53. The van der Waals surface area contributed by atoms with Gasteiger partial charge < -0.3 is 0 Å². The van der Waals surface area contributed by atoms with Crippen molar-refractivity contribution >= 4 is 38.9 Å². The van der Waals surface area contributed by atoms with Gasteiger partial charge in [0.05, 0.1) is 10.4 Å². The SMILES string of the molecule is O=C1[N]C2(CCN(S(=O)(=O)c3ccc(Cl)s3)CC2)NC1Cc1ccccc1. The molecule has 2 fully saturated rings. The Labute approximate surface area is 167 Å². The molecule has 2 aromatic rings. The summed E-state index contributed by atoms with van der Waals surface area (Å²) in [5, 5.41) is 7.72. The molecule has 143 valence electrons. The highest BCUT2D eigenvalue weighted by Crippen LogP contribution is 2.33. The summed E-state index contributed by atoms with van der Waals surface area (Å²) < 4.78 is 27.6. The molecule has 1 N–H and O–H groups in total. The molecular weight excluding hydrogens is 406 g/mol. The number of nitrogens with one attached hydrogen (secondary N) is 1. The number of sulfonamides is 1. The van der Waals surface area contributed by atoms with Crippen molar-refractivity contribution < 1.29 is 13.2 Å². The average Bonchev–Trinajstić information content (AvgIpc) is 3.21. The van der Waals surface area contributed by atoms with Gasteiger partial charge in [-0.2, -0.15) is 4.31 Å². The van der Waals surface area contributed by atoms with Crippen LogP contribution < -0.4 is 10.6 Å². The Morgan fingerprint density at radius 1 is 1.19 bits per heavy atom. The maximum Gasteiger partial charge on any atom is 0.260 e. The second-order valence-corrected chi connectivity index (χ2v) is 10.7. The van der Waals surface area contributed by atoms with Gasteiger partial charge in [0.2, 0.25) is 0 Å². The summed E-state index contributed by atoms with van der Waals surface area (Å²) in [7, 11) is -3.55. The van der Waals surface area contributed by atoms with E-state index in [2.05, 4.69) is 10.6 Å². The maximum atomic E-state index is 12.7. The van der Waals surface area contributed by atoms with Gasteiger partial charge in [-0.3, -0.25) is 10.1 Å². The third-order valence-corrected chi connectivity index (χ3v) is 8.64. The lowest BCUT2D eigenvalue weighted by atomic mass is 9.99. The number of hydrogen-bond donors (Lipinski definition) is 1. The number of carbonyl (C=O) groups is 1. The first-order valence-corrected chi connectivity index (χ1v) is 11.4. The van der Waals surface area contributed by atoms with Gasteiger partial charge in [0.1, 0.15) is 9.87 Å². The van der Waals surface area contributed by atoms with Crippen molar-refractivity contribution in [2.45, 2.75) is 35.2 Å². The average molecular weight is 425 g/mol. The molecule has 4 rings (SSSR count). The van der Waals surface area contributed by atoms with Crippen molar-refractivity contribution in [2.75, 3.05) is 13.1 Å². The minimum atomic E-state index is -3.55. The predicted molar refractivity (Wildman–Crippen MR) is 104 cm³/mol. The molecule has 2 aliphatic rings. The fourth-order valence-electron chi connectivity index (χ4n) is 3.61. The molecule has 0 saturated carbocycles. The van der Waals surface area contributed by atoms with Crippen LogP contribution in [0.2, 0.25) is 4.34 Å². The van der Waals surface area contributed by atoms with Gasteiger partial charge in [0.25, 0.3) is 15.9 Å². The number of nitrogens with zero attached hydrogens (tertiary/aromatic N) is 2. The van der Waals surface area contributed by atoms with E-state index in [1.54, 1.807) is 6.07 Å². The van der Waals surface area contributed by atoms with E-state index in [1.165, 1.54) is 10.4 Å². The third kappa shape index (κ3) is 3.77. The van der Waals surface area contributed by atoms with Gasteiger partial charge in [-0.1, -0.05) is 41.9 Å². The fourth-order valence-corrected chi connectivity index (χ4v) is 6.69. The number of rotatable bonds is 4. The van der Waals surface area contributed by atoms with E-state index in [1.807, 2.05) is 30.3 Å². The smallest absolute Gasteiger partial charge is 0.260 e. The fraction of sp³-hybridized carbons (Fsp3) is 0.389. The molecule has 1 atom stereocenters. The first kappa shape index (κ1) is 18.9. The molecule has 6 nitrogen and oxygen atoms in total. The van der Waals surface area contributed by atoms with Crippen LogP contribution in [-0.4, -0.2) is 43.4 Å². The van der Waals surface area contributed by atoms with Crippen molar-refractivity contribution in [3.63, 3.8) is 0 Å². The molecule has 1 unspecified atom stereocenters. The summed E-state index contributed by atoms with van der Waals surface area (Å²) in [6, 6.07) is 12.6. The Morgan fingerprint density at radius 3 is 2.52 bits per heavy atom. The number of carbonyl (C=O) groups excluding carboxylic acids is 1. The number of halogens is 1. The zero-order valence-electron chi connectivity index (χ0n) is 14.5. The first-order chi connectivity index (χ1) is 12.9. The van der Waals surface area contributed by atoms with Crippen molar-refractivity contribution in [1.29, 1.82) is 0 Å². The summed E-state index contributed by atoms with van der Waals surface area (Å²) in [5.41, 5.74) is 0.417. The lowest BCUT2D eigenvalue weighted by Crippen LogP contribution is -2.56. The quantitative estimate of drug-likeness (QED) is 0.816. The lowest BCUT2D eigenvalue weighted by Gasteiger charge is -2.37. The van der Waals surface area contributed by atoms with E-state index in [9.17, 15) is 13.2 Å². The van der Waals surface area contributed by atoms with E-state index < -0.39 is 15.7 Å². The normalized spacial score (nSPS) is 22.9. The Bertz CT molecular complexity index is 938. The molecule has 1 aromatic heterocycles. The molecule has 0 bridgehead atoms. The van der Waals surface area contributed by atoms with Crippen LogP contribution in [0.1, 0.15) is 18.4 Å². The first-order valence-electron chi connectivity index (χ1n) is 8.72. The number of piperidine rings is 1. The van der Waals surface area contributed by atoms with Crippen molar-refractivity contribution in [2.24, 2.45) is 0 Å². The molecule has 1 radical (unpaired) electrons. The van der Waals surface area contributed by atoms with Gasteiger partial charge in [-0.15, -0.1) is 11.3 Å². The number of amides is 1. The van der Waals surface area contributed by atoms with Crippen LogP contribution in [0, 0.1) is 0 Å². The van der Waals surface area contributed by atoms with E-state index in [0.29, 0.717) is 36.7 Å². The second-order valence-electron chi connectivity index (χ2n) is 6.83. The highest BCUT2D eigenvalue weighted by atomic mass is 35.5. The highest BCUT2D eigenvalue weighted by molar-refractivity contribution is 7.91. The molecule has 1 amide bonds. The second kappa shape index (κ2) is 7.18.